The number of fused-ring (bicyclic) bond motifs is 1. The normalized spacial score (nSPS) is 23.7. The largest absolute Gasteiger partial charge is 0.384 e. The van der Waals surface area contributed by atoms with Gasteiger partial charge in [0, 0.05) is 43.3 Å². The van der Waals surface area contributed by atoms with E-state index in [9.17, 15) is 13.2 Å². The molecule has 7 heteroatoms. The van der Waals surface area contributed by atoms with Crippen LogP contribution in [0.25, 0.3) is 10.9 Å². The molecule has 6 nitrogen and oxygen atoms in total. The molecule has 0 aliphatic carbocycles. The fourth-order valence-electron chi connectivity index (χ4n) is 4.04. The second-order valence-corrected chi connectivity index (χ2v) is 9.35. The van der Waals surface area contributed by atoms with E-state index in [1.165, 1.54) is 0 Å². The average molecular weight is 360 g/mol. The quantitative estimate of drug-likeness (QED) is 0.829. The van der Waals surface area contributed by atoms with Gasteiger partial charge in [-0.1, -0.05) is 6.07 Å². The van der Waals surface area contributed by atoms with Gasteiger partial charge in [0.15, 0.2) is 9.84 Å². The Morgan fingerprint density at radius 3 is 2.92 bits per heavy atom. The Morgan fingerprint density at radius 2 is 2.16 bits per heavy atom. The predicted octanol–water partition coefficient (Wildman–Crippen LogP) is 1.51. The molecule has 0 N–H and O–H groups in total. The van der Waals surface area contributed by atoms with E-state index >= 15 is 0 Å². The minimum absolute atomic E-state index is 0.0349. The number of likely N-dealkylation sites (tertiary alicyclic amines) is 1. The molecule has 25 heavy (non-hydrogen) atoms. The SMILES string of the molecule is COC[C@@H]1CCS(=O)(=O)C12CN(C(=O)c1ccc3ncccc3c1)C2. The van der Waals surface area contributed by atoms with Gasteiger partial charge in [0.2, 0.25) is 0 Å². The standard InChI is InChI=1S/C18H20N2O4S/c1-24-10-15-6-8-25(22,23)18(15)11-20(12-18)17(21)14-4-5-16-13(9-14)3-2-7-19-16/h2-5,7,9,15H,6,8,10-12H2,1H3/t15-/m0/s1. The van der Waals surface area contributed by atoms with E-state index in [1.54, 1.807) is 24.3 Å². The number of benzene rings is 1. The zero-order valence-corrected chi connectivity index (χ0v) is 14.8. The lowest BCUT2D eigenvalue weighted by Gasteiger charge is -2.49. The van der Waals surface area contributed by atoms with Crippen LogP contribution in [0.3, 0.4) is 0 Å². The van der Waals surface area contributed by atoms with Crippen molar-refractivity contribution < 1.29 is 17.9 Å². The summed E-state index contributed by atoms with van der Waals surface area (Å²) in [7, 11) is -1.60. The van der Waals surface area contributed by atoms with Crippen molar-refractivity contribution in [3.8, 4) is 0 Å². The number of methoxy groups -OCH3 is 1. The van der Waals surface area contributed by atoms with E-state index in [-0.39, 0.29) is 30.7 Å². The third-order valence-electron chi connectivity index (χ3n) is 5.52. The summed E-state index contributed by atoms with van der Waals surface area (Å²) in [4.78, 5) is 18.6. The Kier molecular flexibility index (Phi) is 3.81. The number of ether oxygens (including phenoxy) is 1. The van der Waals surface area contributed by atoms with E-state index in [0.717, 1.165) is 10.9 Å². The van der Waals surface area contributed by atoms with E-state index in [4.69, 9.17) is 4.74 Å². The number of hydrogen-bond acceptors (Lipinski definition) is 5. The Bertz CT molecular complexity index is 935. The molecular formula is C18H20N2O4S. The van der Waals surface area contributed by atoms with Crippen LogP contribution in [-0.2, 0) is 14.6 Å². The highest BCUT2D eigenvalue weighted by molar-refractivity contribution is 7.93. The molecule has 132 valence electrons. The molecule has 4 rings (SSSR count). The Balaban J connectivity index is 1.57. The van der Waals surface area contributed by atoms with Crippen molar-refractivity contribution in [1.29, 1.82) is 0 Å². The summed E-state index contributed by atoms with van der Waals surface area (Å²) in [6.45, 7) is 0.934. The maximum absolute atomic E-state index is 12.8. The van der Waals surface area contributed by atoms with Crippen molar-refractivity contribution in [2.45, 2.75) is 11.2 Å². The summed E-state index contributed by atoms with van der Waals surface area (Å²) in [5.41, 5.74) is 1.40. The number of hydrogen-bond donors (Lipinski definition) is 0. The molecule has 1 aromatic carbocycles. The third-order valence-corrected chi connectivity index (χ3v) is 8.12. The van der Waals surface area contributed by atoms with Gasteiger partial charge in [-0.05, 0) is 30.7 Å². The van der Waals surface area contributed by atoms with Crippen molar-refractivity contribution in [2.75, 3.05) is 32.6 Å². The van der Waals surface area contributed by atoms with Crippen LogP contribution in [0.2, 0.25) is 0 Å². The maximum Gasteiger partial charge on any atom is 0.253 e. The number of carbonyl (C=O) groups is 1. The van der Waals surface area contributed by atoms with Crippen LogP contribution in [0.4, 0.5) is 0 Å². The average Bonchev–Trinajstić information content (AvgIpc) is 2.83. The maximum atomic E-state index is 12.8. The third kappa shape index (κ3) is 2.45. The number of nitrogens with zero attached hydrogens (tertiary/aromatic N) is 2. The number of sulfone groups is 1. The molecule has 1 aromatic heterocycles. The van der Waals surface area contributed by atoms with Crippen LogP contribution in [0.5, 0.6) is 0 Å². The van der Waals surface area contributed by atoms with Gasteiger partial charge in [0.25, 0.3) is 5.91 Å². The first-order valence-electron chi connectivity index (χ1n) is 8.32. The van der Waals surface area contributed by atoms with Gasteiger partial charge in [-0.3, -0.25) is 9.78 Å². The van der Waals surface area contributed by atoms with Gasteiger partial charge in [0.1, 0.15) is 4.75 Å². The first-order chi connectivity index (χ1) is 12.0. The van der Waals surface area contributed by atoms with Gasteiger partial charge < -0.3 is 9.64 Å². The van der Waals surface area contributed by atoms with Crippen LogP contribution in [0.15, 0.2) is 36.5 Å². The summed E-state index contributed by atoms with van der Waals surface area (Å²) in [5, 5.41) is 0.898. The molecule has 2 saturated heterocycles. The fourth-order valence-corrected chi connectivity index (χ4v) is 6.44. The van der Waals surface area contributed by atoms with Crippen LogP contribution >= 0.6 is 0 Å². The first kappa shape index (κ1) is 16.5. The summed E-state index contributed by atoms with van der Waals surface area (Å²) in [6, 6.07) is 9.12. The summed E-state index contributed by atoms with van der Waals surface area (Å²) < 4.78 is 29.4. The zero-order valence-electron chi connectivity index (χ0n) is 14.0. The highest BCUT2D eigenvalue weighted by atomic mass is 32.2. The van der Waals surface area contributed by atoms with Gasteiger partial charge in [0.05, 0.1) is 17.9 Å². The Labute approximate surface area is 146 Å². The van der Waals surface area contributed by atoms with E-state index in [2.05, 4.69) is 4.98 Å². The van der Waals surface area contributed by atoms with E-state index < -0.39 is 14.6 Å². The van der Waals surface area contributed by atoms with Crippen molar-refractivity contribution in [3.05, 3.63) is 42.1 Å². The highest BCUT2D eigenvalue weighted by Gasteiger charge is 2.62. The van der Waals surface area contributed by atoms with Crippen molar-refractivity contribution in [3.63, 3.8) is 0 Å². The first-order valence-corrected chi connectivity index (χ1v) is 9.97. The lowest BCUT2D eigenvalue weighted by atomic mass is 9.83. The van der Waals surface area contributed by atoms with Gasteiger partial charge in [-0.15, -0.1) is 0 Å². The Hall–Kier alpha value is -1.99. The summed E-state index contributed by atoms with van der Waals surface area (Å²) >= 11 is 0. The van der Waals surface area contributed by atoms with E-state index in [1.807, 2.05) is 24.3 Å². The number of aromatic nitrogens is 1. The molecule has 0 saturated carbocycles. The monoisotopic (exact) mass is 360 g/mol. The number of amides is 1. The predicted molar refractivity (Wildman–Crippen MR) is 94.1 cm³/mol. The number of pyridine rings is 1. The molecule has 1 amide bonds. The molecular weight excluding hydrogens is 340 g/mol. The highest BCUT2D eigenvalue weighted by Crippen LogP contribution is 2.45. The second kappa shape index (κ2) is 5.78. The summed E-state index contributed by atoms with van der Waals surface area (Å²) in [5.74, 6) is 0.0204. The molecule has 1 spiro atoms. The second-order valence-electron chi connectivity index (χ2n) is 6.90. The van der Waals surface area contributed by atoms with Crippen molar-refractivity contribution in [1.82, 2.24) is 9.88 Å². The molecule has 2 aliphatic rings. The minimum atomic E-state index is -3.19. The molecule has 0 unspecified atom stereocenters. The topological polar surface area (TPSA) is 76.6 Å². The van der Waals surface area contributed by atoms with Crippen molar-refractivity contribution in [2.24, 2.45) is 5.92 Å². The van der Waals surface area contributed by atoms with Crippen molar-refractivity contribution >= 4 is 26.6 Å². The fraction of sp³-hybridized carbons (Fsp3) is 0.444. The molecule has 2 aromatic rings. The smallest absolute Gasteiger partial charge is 0.253 e. The van der Waals surface area contributed by atoms with Crippen LogP contribution < -0.4 is 0 Å². The van der Waals surface area contributed by atoms with Crippen LogP contribution in [-0.4, -0.2) is 61.5 Å². The molecule has 2 aliphatic heterocycles. The molecule has 2 fully saturated rings. The van der Waals surface area contributed by atoms with Gasteiger partial charge in [-0.25, -0.2) is 8.42 Å². The molecule has 3 heterocycles. The number of carbonyl (C=O) groups excluding carboxylic acids is 1. The Morgan fingerprint density at radius 1 is 1.36 bits per heavy atom. The molecule has 0 radical (unpaired) electrons. The zero-order chi connectivity index (χ0) is 17.7. The van der Waals surface area contributed by atoms with Crippen LogP contribution in [0, 0.1) is 5.92 Å². The summed E-state index contributed by atoms with van der Waals surface area (Å²) in [6.07, 6.45) is 2.32. The number of rotatable bonds is 3. The molecule has 0 bridgehead atoms. The van der Waals surface area contributed by atoms with E-state index in [0.29, 0.717) is 18.6 Å². The lowest BCUT2D eigenvalue weighted by molar-refractivity contribution is 0.0337. The minimum Gasteiger partial charge on any atom is -0.384 e. The molecule has 1 atom stereocenters. The van der Waals surface area contributed by atoms with Gasteiger partial charge in [-0.2, -0.15) is 0 Å². The lowest BCUT2D eigenvalue weighted by Crippen LogP contribution is -2.68. The van der Waals surface area contributed by atoms with Gasteiger partial charge >= 0.3 is 0 Å². The van der Waals surface area contributed by atoms with Crippen LogP contribution in [0.1, 0.15) is 16.8 Å².